The van der Waals surface area contributed by atoms with Crippen molar-refractivity contribution < 1.29 is 23.9 Å². The average molecular weight is 527 g/mol. The number of esters is 1. The summed E-state index contributed by atoms with van der Waals surface area (Å²) in [6.45, 7) is 0.676. The van der Waals surface area contributed by atoms with Gasteiger partial charge < -0.3 is 30.8 Å². The van der Waals surface area contributed by atoms with Crippen molar-refractivity contribution in [3.05, 3.63) is 30.2 Å². The third-order valence-corrected chi connectivity index (χ3v) is 7.57. The number of nitrogens with one attached hydrogen (secondary N) is 4. The Kier molecular flexibility index (Phi) is 9.22. The van der Waals surface area contributed by atoms with Crippen molar-refractivity contribution in [3.63, 3.8) is 0 Å². The number of nitrogens with zero attached hydrogens (tertiary/aromatic N) is 1. The minimum absolute atomic E-state index is 0.0111. The van der Waals surface area contributed by atoms with Gasteiger partial charge in [0.25, 0.3) is 0 Å². The van der Waals surface area contributed by atoms with E-state index in [0.717, 1.165) is 44.1 Å². The molecule has 1 fully saturated rings. The molecule has 4 rings (SSSR count). The highest BCUT2D eigenvalue weighted by atomic mass is 16.5. The van der Waals surface area contributed by atoms with E-state index in [1.54, 1.807) is 18.3 Å². The first-order valence-electron chi connectivity index (χ1n) is 13.3. The Labute approximate surface area is 222 Å². The molecule has 206 valence electrons. The molecule has 1 aromatic heterocycles. The third-order valence-electron chi connectivity index (χ3n) is 7.57. The number of carbonyl (C=O) groups excluding carboxylic acids is 3. The normalized spacial score (nSPS) is 23.4. The van der Waals surface area contributed by atoms with Crippen LogP contribution in [0.5, 0.6) is 0 Å². The molecule has 2 aliphatic rings. The lowest BCUT2D eigenvalue weighted by atomic mass is 9.81. The van der Waals surface area contributed by atoms with Gasteiger partial charge in [0.15, 0.2) is 0 Å². The molecule has 1 aliphatic carbocycles. The number of anilines is 2. The lowest BCUT2D eigenvalue weighted by molar-refractivity contribution is -0.141. The van der Waals surface area contributed by atoms with Crippen molar-refractivity contribution in [2.75, 3.05) is 31.4 Å². The Balaban J connectivity index is 1.61. The van der Waals surface area contributed by atoms with E-state index < -0.39 is 12.1 Å². The van der Waals surface area contributed by atoms with E-state index in [9.17, 15) is 14.4 Å². The number of hydrogen-bond donors (Lipinski definition) is 5. The van der Waals surface area contributed by atoms with E-state index >= 15 is 0 Å². The number of methoxy groups -OCH3 is 2. The maximum atomic E-state index is 13.2. The predicted octanol–water partition coefficient (Wildman–Crippen LogP) is 3.70. The zero-order valence-corrected chi connectivity index (χ0v) is 22.0. The molecule has 1 saturated carbocycles. The zero-order chi connectivity index (χ0) is 27.1. The van der Waals surface area contributed by atoms with Gasteiger partial charge in [0, 0.05) is 29.1 Å². The minimum atomic E-state index is -0.597. The number of rotatable bonds is 5. The molecule has 11 heteroatoms. The van der Waals surface area contributed by atoms with Gasteiger partial charge in [-0.2, -0.15) is 0 Å². The van der Waals surface area contributed by atoms with Crippen LogP contribution in [-0.4, -0.2) is 54.7 Å². The maximum absolute atomic E-state index is 13.2. The lowest BCUT2D eigenvalue weighted by Crippen LogP contribution is -2.37. The van der Waals surface area contributed by atoms with Gasteiger partial charge in [-0.05, 0) is 69.2 Å². The second kappa shape index (κ2) is 12.8. The molecule has 2 atom stereocenters. The summed E-state index contributed by atoms with van der Waals surface area (Å²) in [4.78, 5) is 45.6. The molecular weight excluding hydrogens is 488 g/mol. The van der Waals surface area contributed by atoms with Gasteiger partial charge in [0.2, 0.25) is 5.91 Å². The van der Waals surface area contributed by atoms with Gasteiger partial charge in [-0.15, -0.1) is 0 Å². The van der Waals surface area contributed by atoms with Crippen molar-refractivity contribution >= 4 is 29.3 Å². The monoisotopic (exact) mass is 526 g/mol. The topological polar surface area (TPSA) is 160 Å². The summed E-state index contributed by atoms with van der Waals surface area (Å²) in [5, 5.41) is 9.19. The molecule has 2 heterocycles. The Hall–Kier alpha value is -3.60. The molecule has 0 spiro atoms. The molecule has 2 amide bonds. The number of amides is 2. The van der Waals surface area contributed by atoms with Crippen molar-refractivity contribution in [1.82, 2.24) is 15.3 Å². The Morgan fingerprint density at radius 2 is 1.82 bits per heavy atom. The lowest BCUT2D eigenvalue weighted by Gasteiger charge is -2.28. The highest BCUT2D eigenvalue weighted by Crippen LogP contribution is 2.34. The Bertz CT molecular complexity index is 1130. The molecule has 6 N–H and O–H groups in total. The van der Waals surface area contributed by atoms with Gasteiger partial charge >= 0.3 is 12.1 Å². The van der Waals surface area contributed by atoms with Crippen LogP contribution in [0.4, 0.5) is 16.2 Å². The van der Waals surface area contributed by atoms with Gasteiger partial charge in [-0.1, -0.05) is 12.8 Å². The first kappa shape index (κ1) is 27.4. The number of hydrogen-bond acceptors (Lipinski definition) is 8. The molecular formula is C27H38N6O5. The Morgan fingerprint density at radius 1 is 1.05 bits per heavy atom. The van der Waals surface area contributed by atoms with Gasteiger partial charge in [-0.3, -0.25) is 10.1 Å². The molecule has 2 aromatic rings. The fraction of sp³-hybridized carbons (Fsp3) is 0.556. The molecule has 0 unspecified atom stereocenters. The van der Waals surface area contributed by atoms with Crippen LogP contribution in [0.15, 0.2) is 24.4 Å². The second-order valence-electron chi connectivity index (χ2n) is 10.1. The summed E-state index contributed by atoms with van der Waals surface area (Å²) in [7, 11) is 2.66. The van der Waals surface area contributed by atoms with Crippen LogP contribution in [0.3, 0.4) is 0 Å². The highest BCUT2D eigenvalue weighted by molar-refractivity contribution is 5.89. The summed E-state index contributed by atoms with van der Waals surface area (Å²) in [5.41, 5.74) is 8.33. The van der Waals surface area contributed by atoms with E-state index in [1.807, 2.05) is 6.07 Å². The number of imidazole rings is 1. The van der Waals surface area contributed by atoms with Crippen LogP contribution >= 0.6 is 0 Å². The molecule has 0 saturated heterocycles. The van der Waals surface area contributed by atoms with Gasteiger partial charge in [-0.25, -0.2) is 14.6 Å². The zero-order valence-electron chi connectivity index (χ0n) is 22.0. The average Bonchev–Trinajstić information content (AvgIpc) is 3.43. The Morgan fingerprint density at radius 3 is 2.53 bits per heavy atom. The summed E-state index contributed by atoms with van der Waals surface area (Å²) in [6, 6.07) is 4.44. The van der Waals surface area contributed by atoms with E-state index in [2.05, 4.69) is 20.9 Å². The number of fused-ring (bicyclic) bond motifs is 4. The predicted molar refractivity (Wildman–Crippen MR) is 143 cm³/mol. The summed E-state index contributed by atoms with van der Waals surface area (Å²) >= 11 is 0. The molecule has 0 radical (unpaired) electrons. The number of ether oxygens (including phenoxy) is 2. The van der Waals surface area contributed by atoms with Crippen molar-refractivity contribution in [2.24, 2.45) is 17.6 Å². The van der Waals surface area contributed by atoms with E-state index in [-0.39, 0.29) is 23.8 Å². The van der Waals surface area contributed by atoms with Crippen molar-refractivity contribution in [3.8, 4) is 11.3 Å². The SMILES string of the molecule is COC(=O)Nc1ccc2c(c1)N[C@@H](C(=O)OC)CCCC[C@H](NC(=O)[C@H]1CC[C@H](CN)CC1)c1nc-2c[nH]1. The van der Waals surface area contributed by atoms with Gasteiger partial charge in [0.05, 0.1) is 26.0 Å². The number of benzene rings is 1. The van der Waals surface area contributed by atoms with E-state index in [0.29, 0.717) is 48.2 Å². The summed E-state index contributed by atoms with van der Waals surface area (Å²) < 4.78 is 9.75. The number of carbonyl (C=O) groups is 3. The maximum Gasteiger partial charge on any atom is 0.411 e. The number of aromatic nitrogens is 2. The van der Waals surface area contributed by atoms with Crippen LogP contribution < -0.4 is 21.7 Å². The summed E-state index contributed by atoms with van der Waals surface area (Å²) in [6.07, 6.45) is 7.63. The first-order valence-corrected chi connectivity index (χ1v) is 13.3. The number of aromatic amines is 1. The molecule has 38 heavy (non-hydrogen) atoms. The van der Waals surface area contributed by atoms with Crippen molar-refractivity contribution in [1.29, 1.82) is 0 Å². The highest BCUT2D eigenvalue weighted by Gasteiger charge is 2.29. The first-order chi connectivity index (χ1) is 18.4. The molecule has 1 aromatic carbocycles. The second-order valence-corrected chi connectivity index (χ2v) is 10.1. The third kappa shape index (κ3) is 6.63. The van der Waals surface area contributed by atoms with E-state index in [4.69, 9.17) is 20.2 Å². The quantitative estimate of drug-likeness (QED) is 0.369. The van der Waals surface area contributed by atoms with Crippen LogP contribution in [0.25, 0.3) is 11.3 Å². The van der Waals surface area contributed by atoms with E-state index in [1.165, 1.54) is 14.2 Å². The fourth-order valence-electron chi connectivity index (χ4n) is 5.29. The fourth-order valence-corrected chi connectivity index (χ4v) is 5.29. The van der Waals surface area contributed by atoms with Crippen LogP contribution in [-0.2, 0) is 19.1 Å². The number of nitrogens with two attached hydrogens (primary N) is 1. The van der Waals surface area contributed by atoms with Crippen LogP contribution in [0.1, 0.15) is 63.2 Å². The molecule has 1 aliphatic heterocycles. The molecule has 11 nitrogen and oxygen atoms in total. The van der Waals surface area contributed by atoms with Crippen molar-refractivity contribution in [2.45, 2.75) is 63.5 Å². The number of H-pyrrole nitrogens is 1. The standard InChI is InChI=1S/C27H38N6O5/c1-37-26(35)21-6-4-3-5-20(33-25(34)17-9-7-16(14-28)8-10-17)24-29-15-23(32-24)19-12-11-18(13-22(19)31-21)30-27(36)38-2/h11-13,15-17,20-21,31H,3-10,14,28H2,1-2H3,(H,29,32)(H,30,36)(H,33,34)/t16-,17-,20-,21+/m0/s1. The minimum Gasteiger partial charge on any atom is -0.467 e. The molecule has 2 bridgehead atoms. The summed E-state index contributed by atoms with van der Waals surface area (Å²) in [5.74, 6) is 0.871. The van der Waals surface area contributed by atoms with Crippen LogP contribution in [0.2, 0.25) is 0 Å². The largest absolute Gasteiger partial charge is 0.467 e. The van der Waals surface area contributed by atoms with Gasteiger partial charge in [0.1, 0.15) is 11.9 Å². The smallest absolute Gasteiger partial charge is 0.411 e. The van der Waals surface area contributed by atoms with Crippen LogP contribution in [0, 0.1) is 11.8 Å².